The van der Waals surface area contributed by atoms with Gasteiger partial charge in [0.05, 0.1) is 5.69 Å². The fourth-order valence-electron chi connectivity index (χ4n) is 2.54. The first-order chi connectivity index (χ1) is 10.8. The van der Waals surface area contributed by atoms with Crippen LogP contribution in [-0.2, 0) is 0 Å². The van der Waals surface area contributed by atoms with Gasteiger partial charge in [0, 0.05) is 23.3 Å². The van der Waals surface area contributed by atoms with Crippen molar-refractivity contribution in [1.82, 2.24) is 14.5 Å². The molecule has 0 aliphatic rings. The van der Waals surface area contributed by atoms with Gasteiger partial charge in [0.15, 0.2) is 0 Å². The van der Waals surface area contributed by atoms with Crippen molar-refractivity contribution in [2.24, 2.45) is 0 Å². The molecule has 0 amide bonds. The van der Waals surface area contributed by atoms with Crippen molar-refractivity contribution in [2.75, 3.05) is 0 Å². The van der Waals surface area contributed by atoms with Crippen molar-refractivity contribution in [3.63, 3.8) is 0 Å². The summed E-state index contributed by atoms with van der Waals surface area (Å²) in [6.07, 6.45) is 5.37. The van der Waals surface area contributed by atoms with Crippen LogP contribution in [0.1, 0.15) is 0 Å². The Hall–Kier alpha value is -3.14. The molecule has 22 heavy (non-hydrogen) atoms. The molecule has 2 heterocycles. The van der Waals surface area contributed by atoms with Crippen LogP contribution in [0.4, 0.5) is 0 Å². The molecule has 4 nitrogen and oxygen atoms in total. The van der Waals surface area contributed by atoms with E-state index in [1.54, 1.807) is 24.7 Å². The lowest BCUT2D eigenvalue weighted by Gasteiger charge is -2.10. The zero-order chi connectivity index (χ0) is 14.9. The summed E-state index contributed by atoms with van der Waals surface area (Å²) in [7, 11) is 0. The van der Waals surface area contributed by atoms with Crippen LogP contribution in [0, 0.1) is 0 Å². The molecule has 4 heteroatoms. The SMILES string of the molecule is Oc1ccc(-c2cc3ccccc3c(-n3ccnc3)n2)cc1. The fraction of sp³-hybridized carbons (Fsp3) is 0. The van der Waals surface area contributed by atoms with Crippen LogP contribution >= 0.6 is 0 Å². The Labute approximate surface area is 127 Å². The molecule has 1 N–H and O–H groups in total. The van der Waals surface area contributed by atoms with Crippen LogP contribution in [0.3, 0.4) is 0 Å². The second kappa shape index (κ2) is 5.00. The molecule has 0 saturated carbocycles. The van der Waals surface area contributed by atoms with E-state index in [-0.39, 0.29) is 5.75 Å². The molecule has 0 spiro atoms. The normalized spacial score (nSPS) is 10.9. The van der Waals surface area contributed by atoms with E-state index in [1.165, 1.54) is 0 Å². The molecule has 2 aromatic heterocycles. The van der Waals surface area contributed by atoms with Gasteiger partial charge in [-0.25, -0.2) is 9.97 Å². The van der Waals surface area contributed by atoms with E-state index < -0.39 is 0 Å². The van der Waals surface area contributed by atoms with E-state index in [0.717, 1.165) is 27.8 Å². The molecule has 0 bridgehead atoms. The molecule has 2 aromatic carbocycles. The Bertz CT molecular complexity index is 928. The number of fused-ring (bicyclic) bond motifs is 1. The Kier molecular flexibility index (Phi) is 2.86. The monoisotopic (exact) mass is 287 g/mol. The maximum atomic E-state index is 9.45. The van der Waals surface area contributed by atoms with E-state index in [1.807, 2.05) is 35.0 Å². The van der Waals surface area contributed by atoms with E-state index in [4.69, 9.17) is 4.98 Å². The highest BCUT2D eigenvalue weighted by Crippen LogP contribution is 2.27. The van der Waals surface area contributed by atoms with Crippen molar-refractivity contribution in [3.8, 4) is 22.8 Å². The summed E-state index contributed by atoms with van der Waals surface area (Å²) in [6, 6.07) is 17.3. The molecule has 0 aliphatic heterocycles. The fourth-order valence-corrected chi connectivity index (χ4v) is 2.54. The number of phenols is 1. The van der Waals surface area contributed by atoms with Crippen LogP contribution in [0.5, 0.6) is 5.75 Å². The van der Waals surface area contributed by atoms with Gasteiger partial charge < -0.3 is 5.11 Å². The minimum atomic E-state index is 0.249. The molecule has 0 saturated heterocycles. The van der Waals surface area contributed by atoms with Crippen LogP contribution < -0.4 is 0 Å². The summed E-state index contributed by atoms with van der Waals surface area (Å²) in [4.78, 5) is 8.89. The maximum absolute atomic E-state index is 9.45. The van der Waals surface area contributed by atoms with Gasteiger partial charge in [-0.2, -0.15) is 0 Å². The lowest BCUT2D eigenvalue weighted by molar-refractivity contribution is 0.475. The Morgan fingerprint density at radius 3 is 2.55 bits per heavy atom. The smallest absolute Gasteiger partial charge is 0.146 e. The average Bonchev–Trinajstić information content (AvgIpc) is 3.09. The molecule has 0 fully saturated rings. The molecule has 0 atom stereocenters. The Morgan fingerprint density at radius 2 is 1.77 bits per heavy atom. The molecular formula is C18H13N3O. The number of hydrogen-bond donors (Lipinski definition) is 1. The number of aromatic nitrogens is 3. The van der Waals surface area contributed by atoms with Crippen molar-refractivity contribution in [1.29, 1.82) is 0 Å². The summed E-state index contributed by atoms with van der Waals surface area (Å²) in [6.45, 7) is 0. The first kappa shape index (κ1) is 12.6. The highest BCUT2D eigenvalue weighted by Gasteiger charge is 2.09. The molecule has 4 aromatic rings. The predicted molar refractivity (Wildman–Crippen MR) is 86.0 cm³/mol. The van der Waals surface area contributed by atoms with Gasteiger partial charge in [0.1, 0.15) is 17.9 Å². The third-order valence-corrected chi connectivity index (χ3v) is 3.63. The zero-order valence-electron chi connectivity index (χ0n) is 11.7. The number of imidazole rings is 1. The van der Waals surface area contributed by atoms with E-state index >= 15 is 0 Å². The van der Waals surface area contributed by atoms with Crippen molar-refractivity contribution in [2.45, 2.75) is 0 Å². The molecule has 0 radical (unpaired) electrons. The van der Waals surface area contributed by atoms with Gasteiger partial charge in [-0.1, -0.05) is 24.3 Å². The lowest BCUT2D eigenvalue weighted by Crippen LogP contribution is -1.98. The van der Waals surface area contributed by atoms with Crippen LogP contribution in [0.2, 0.25) is 0 Å². The summed E-state index contributed by atoms with van der Waals surface area (Å²) in [5, 5.41) is 11.6. The Morgan fingerprint density at radius 1 is 0.955 bits per heavy atom. The lowest BCUT2D eigenvalue weighted by atomic mass is 10.1. The van der Waals surface area contributed by atoms with Crippen molar-refractivity contribution in [3.05, 3.63) is 73.3 Å². The summed E-state index contributed by atoms with van der Waals surface area (Å²) >= 11 is 0. The first-order valence-electron chi connectivity index (χ1n) is 6.99. The molecule has 4 rings (SSSR count). The summed E-state index contributed by atoms with van der Waals surface area (Å²) in [5.74, 6) is 1.10. The number of nitrogens with zero attached hydrogens (tertiary/aromatic N) is 3. The van der Waals surface area contributed by atoms with Gasteiger partial charge in [0.2, 0.25) is 0 Å². The highest BCUT2D eigenvalue weighted by atomic mass is 16.3. The van der Waals surface area contributed by atoms with Crippen LogP contribution in [0.25, 0.3) is 27.8 Å². The largest absolute Gasteiger partial charge is 0.508 e. The second-order valence-electron chi connectivity index (χ2n) is 5.07. The maximum Gasteiger partial charge on any atom is 0.146 e. The third kappa shape index (κ3) is 2.11. The minimum Gasteiger partial charge on any atom is -0.508 e. The molecule has 106 valence electrons. The third-order valence-electron chi connectivity index (χ3n) is 3.63. The van der Waals surface area contributed by atoms with Gasteiger partial charge in [-0.05, 0) is 35.7 Å². The van der Waals surface area contributed by atoms with Crippen LogP contribution in [-0.4, -0.2) is 19.6 Å². The van der Waals surface area contributed by atoms with Crippen molar-refractivity contribution >= 4 is 10.8 Å². The minimum absolute atomic E-state index is 0.249. The van der Waals surface area contributed by atoms with Gasteiger partial charge >= 0.3 is 0 Å². The molecule has 0 aliphatic carbocycles. The number of aromatic hydroxyl groups is 1. The highest BCUT2D eigenvalue weighted by molar-refractivity contribution is 5.91. The zero-order valence-corrected chi connectivity index (χ0v) is 11.7. The quantitative estimate of drug-likeness (QED) is 0.610. The number of hydrogen-bond acceptors (Lipinski definition) is 3. The standard InChI is InChI=1S/C18H13N3O/c22-15-7-5-13(6-8-15)17-11-14-3-1-2-4-16(14)18(20-17)21-10-9-19-12-21/h1-12,22H. The van der Waals surface area contributed by atoms with E-state index in [2.05, 4.69) is 23.2 Å². The van der Waals surface area contributed by atoms with E-state index in [0.29, 0.717) is 0 Å². The summed E-state index contributed by atoms with van der Waals surface area (Å²) < 4.78 is 1.91. The van der Waals surface area contributed by atoms with Gasteiger partial charge in [-0.3, -0.25) is 4.57 Å². The first-order valence-corrected chi connectivity index (χ1v) is 6.99. The number of phenolic OH excluding ortho intramolecular Hbond substituents is 1. The van der Waals surface area contributed by atoms with Gasteiger partial charge in [-0.15, -0.1) is 0 Å². The number of pyridine rings is 1. The van der Waals surface area contributed by atoms with Crippen LogP contribution in [0.15, 0.2) is 73.3 Å². The van der Waals surface area contributed by atoms with Crippen molar-refractivity contribution < 1.29 is 5.11 Å². The van der Waals surface area contributed by atoms with Gasteiger partial charge in [0.25, 0.3) is 0 Å². The average molecular weight is 287 g/mol. The predicted octanol–water partition coefficient (Wildman–Crippen LogP) is 3.79. The topological polar surface area (TPSA) is 50.9 Å². The molecular weight excluding hydrogens is 274 g/mol. The number of rotatable bonds is 2. The number of benzene rings is 2. The molecule has 0 unspecified atom stereocenters. The second-order valence-corrected chi connectivity index (χ2v) is 5.07. The van der Waals surface area contributed by atoms with E-state index in [9.17, 15) is 5.11 Å². The Balaban J connectivity index is 1.99. The summed E-state index contributed by atoms with van der Waals surface area (Å²) in [5.41, 5.74) is 1.83.